The first kappa shape index (κ1) is 7.50. The Kier molecular flexibility index (Phi) is 1.12. The van der Waals surface area contributed by atoms with Crippen molar-refractivity contribution in [2.24, 2.45) is 5.41 Å². The zero-order valence-corrected chi connectivity index (χ0v) is 7.35. The fourth-order valence-corrected chi connectivity index (χ4v) is 2.64. The average Bonchev–Trinajstić information content (AvgIpc) is 2.58. The second-order valence-electron chi connectivity index (χ2n) is 4.50. The van der Waals surface area contributed by atoms with Gasteiger partial charge in [-0.3, -0.25) is 9.59 Å². The first-order valence-electron chi connectivity index (χ1n) is 4.74. The van der Waals surface area contributed by atoms with Crippen molar-refractivity contribution >= 4 is 11.7 Å². The number of β-lactam (4-membered cyclic amide) rings is 1. The van der Waals surface area contributed by atoms with Gasteiger partial charge < -0.3 is 10.6 Å². The van der Waals surface area contributed by atoms with Crippen molar-refractivity contribution in [1.82, 2.24) is 10.6 Å². The molecule has 0 bridgehead atoms. The van der Waals surface area contributed by atoms with Crippen molar-refractivity contribution < 1.29 is 9.59 Å². The van der Waals surface area contributed by atoms with E-state index in [0.717, 1.165) is 19.4 Å². The highest BCUT2D eigenvalue weighted by molar-refractivity contribution is 5.98. The number of hydrogen-bond acceptors (Lipinski definition) is 3. The Labute approximate surface area is 76.1 Å². The summed E-state index contributed by atoms with van der Waals surface area (Å²) >= 11 is 0. The summed E-state index contributed by atoms with van der Waals surface area (Å²) in [6, 6.07) is 0. The summed E-state index contributed by atoms with van der Waals surface area (Å²) in [7, 11) is 0. The Bertz CT molecular complexity index is 285. The predicted octanol–water partition coefficient (Wildman–Crippen LogP) is -0.802. The molecule has 3 aliphatic rings. The van der Waals surface area contributed by atoms with Crippen LogP contribution in [0.1, 0.15) is 19.3 Å². The summed E-state index contributed by atoms with van der Waals surface area (Å²) < 4.78 is 0. The van der Waals surface area contributed by atoms with E-state index in [1.54, 1.807) is 0 Å². The fourth-order valence-electron chi connectivity index (χ4n) is 2.64. The Hall–Kier alpha value is -0.900. The van der Waals surface area contributed by atoms with Crippen LogP contribution in [0.5, 0.6) is 0 Å². The summed E-state index contributed by atoms with van der Waals surface area (Å²) in [6.07, 6.45) is 2.33. The van der Waals surface area contributed by atoms with E-state index >= 15 is 0 Å². The van der Waals surface area contributed by atoms with Gasteiger partial charge in [0.15, 0.2) is 5.78 Å². The van der Waals surface area contributed by atoms with Crippen LogP contribution in [-0.2, 0) is 9.59 Å². The molecule has 2 aliphatic heterocycles. The van der Waals surface area contributed by atoms with Gasteiger partial charge in [0.2, 0.25) is 5.91 Å². The fraction of sp³-hybridized carbons (Fsp3) is 0.778. The molecule has 0 aromatic carbocycles. The van der Waals surface area contributed by atoms with Crippen molar-refractivity contribution in [3.63, 3.8) is 0 Å². The summed E-state index contributed by atoms with van der Waals surface area (Å²) in [5.41, 5.74) is -0.548. The lowest BCUT2D eigenvalue weighted by molar-refractivity contribution is -0.140. The van der Waals surface area contributed by atoms with E-state index in [9.17, 15) is 9.59 Å². The first-order valence-corrected chi connectivity index (χ1v) is 4.74. The number of rotatable bonds is 0. The first-order chi connectivity index (χ1) is 6.17. The Morgan fingerprint density at radius 2 is 2.08 bits per heavy atom. The molecule has 2 atom stereocenters. The smallest absolute Gasteiger partial charge is 0.229 e. The minimum absolute atomic E-state index is 0.122. The molecule has 70 valence electrons. The molecular weight excluding hydrogens is 168 g/mol. The number of carbonyl (C=O) groups excluding carboxylic acids is 2. The predicted molar refractivity (Wildman–Crippen MR) is 45.0 cm³/mol. The van der Waals surface area contributed by atoms with Gasteiger partial charge in [-0.2, -0.15) is 0 Å². The molecule has 2 spiro atoms. The monoisotopic (exact) mass is 180 g/mol. The van der Waals surface area contributed by atoms with Gasteiger partial charge >= 0.3 is 0 Å². The van der Waals surface area contributed by atoms with Gasteiger partial charge in [0.05, 0.1) is 11.0 Å². The normalized spacial score (nSPS) is 47.7. The highest BCUT2D eigenvalue weighted by atomic mass is 16.2. The molecule has 1 saturated carbocycles. The van der Waals surface area contributed by atoms with Gasteiger partial charge in [-0.05, 0) is 12.8 Å². The molecule has 13 heavy (non-hydrogen) atoms. The third kappa shape index (κ3) is 0.705. The summed E-state index contributed by atoms with van der Waals surface area (Å²) in [4.78, 5) is 22.7. The molecule has 0 aromatic heterocycles. The Morgan fingerprint density at radius 3 is 2.31 bits per heavy atom. The van der Waals surface area contributed by atoms with E-state index < -0.39 is 0 Å². The zero-order valence-electron chi connectivity index (χ0n) is 7.35. The molecule has 1 amide bonds. The Balaban J connectivity index is 1.85. The molecular formula is C9H12N2O2. The molecule has 4 nitrogen and oxygen atoms in total. The van der Waals surface area contributed by atoms with Crippen LogP contribution in [0.15, 0.2) is 0 Å². The Morgan fingerprint density at radius 1 is 1.23 bits per heavy atom. The number of hydrogen-bond donors (Lipinski definition) is 2. The summed E-state index contributed by atoms with van der Waals surface area (Å²) in [5.74, 6) is 0.417. The van der Waals surface area contributed by atoms with Crippen LogP contribution in [0.4, 0.5) is 0 Å². The van der Waals surface area contributed by atoms with Crippen molar-refractivity contribution in [2.75, 3.05) is 13.1 Å². The molecule has 1 aliphatic carbocycles. The SMILES string of the molecule is O=C1NCC12CNC1(CCC1=O)C2. The van der Waals surface area contributed by atoms with Crippen LogP contribution in [0.2, 0.25) is 0 Å². The number of Topliss-reactive ketones (excluding diaryl/α,β-unsaturated/α-hetero) is 1. The highest BCUT2D eigenvalue weighted by Gasteiger charge is 2.61. The van der Waals surface area contributed by atoms with Crippen molar-refractivity contribution in [3.05, 3.63) is 0 Å². The van der Waals surface area contributed by atoms with E-state index in [1.165, 1.54) is 0 Å². The summed E-state index contributed by atoms with van der Waals surface area (Å²) in [5, 5.41) is 5.98. The molecule has 4 heteroatoms. The molecule has 2 N–H and O–H groups in total. The zero-order chi connectivity index (χ0) is 9.10. The number of nitrogens with one attached hydrogen (secondary N) is 2. The second-order valence-corrected chi connectivity index (χ2v) is 4.50. The molecule has 3 rings (SSSR count). The largest absolute Gasteiger partial charge is 0.354 e. The lowest BCUT2D eigenvalue weighted by Gasteiger charge is -2.41. The van der Waals surface area contributed by atoms with Crippen molar-refractivity contribution in [3.8, 4) is 0 Å². The molecule has 0 aromatic rings. The molecule has 0 radical (unpaired) electrons. The third-order valence-electron chi connectivity index (χ3n) is 3.79. The lowest BCUT2D eigenvalue weighted by Crippen LogP contribution is -2.60. The average molecular weight is 180 g/mol. The van der Waals surface area contributed by atoms with E-state index in [0.29, 0.717) is 18.7 Å². The van der Waals surface area contributed by atoms with E-state index in [-0.39, 0.29) is 16.9 Å². The van der Waals surface area contributed by atoms with Gasteiger partial charge in [0.25, 0.3) is 0 Å². The van der Waals surface area contributed by atoms with Crippen LogP contribution in [0.3, 0.4) is 0 Å². The molecule has 2 heterocycles. The second kappa shape index (κ2) is 1.95. The standard InChI is InChI=1S/C9H12N2O2/c12-6-1-2-9(6)3-8(5-11-9)4-10-7(8)13/h11H,1-5H2,(H,10,13). The van der Waals surface area contributed by atoms with E-state index in [1.807, 2.05) is 0 Å². The number of ketones is 1. The number of amides is 1. The van der Waals surface area contributed by atoms with E-state index in [4.69, 9.17) is 0 Å². The minimum Gasteiger partial charge on any atom is -0.354 e. The van der Waals surface area contributed by atoms with Gasteiger partial charge in [-0.15, -0.1) is 0 Å². The van der Waals surface area contributed by atoms with E-state index in [2.05, 4.69) is 10.6 Å². The number of carbonyl (C=O) groups is 2. The topological polar surface area (TPSA) is 58.2 Å². The van der Waals surface area contributed by atoms with Crippen LogP contribution in [-0.4, -0.2) is 30.3 Å². The highest BCUT2D eigenvalue weighted by Crippen LogP contribution is 2.46. The summed E-state index contributed by atoms with van der Waals surface area (Å²) in [6.45, 7) is 1.43. The molecule has 2 saturated heterocycles. The van der Waals surface area contributed by atoms with Crippen molar-refractivity contribution in [2.45, 2.75) is 24.8 Å². The molecule has 3 fully saturated rings. The van der Waals surface area contributed by atoms with Gasteiger partial charge in [0, 0.05) is 19.5 Å². The van der Waals surface area contributed by atoms with Crippen molar-refractivity contribution in [1.29, 1.82) is 0 Å². The quantitative estimate of drug-likeness (QED) is 0.480. The van der Waals surface area contributed by atoms with Gasteiger partial charge in [-0.1, -0.05) is 0 Å². The third-order valence-corrected chi connectivity index (χ3v) is 3.79. The lowest BCUT2D eigenvalue weighted by atomic mass is 9.67. The minimum atomic E-state index is -0.308. The van der Waals surface area contributed by atoms with Crippen LogP contribution >= 0.6 is 0 Å². The van der Waals surface area contributed by atoms with Crippen LogP contribution in [0, 0.1) is 5.41 Å². The van der Waals surface area contributed by atoms with Gasteiger partial charge in [-0.25, -0.2) is 0 Å². The maximum absolute atomic E-state index is 11.4. The maximum atomic E-state index is 11.4. The maximum Gasteiger partial charge on any atom is 0.229 e. The van der Waals surface area contributed by atoms with Gasteiger partial charge in [0.1, 0.15) is 0 Å². The molecule has 2 unspecified atom stereocenters. The van der Waals surface area contributed by atoms with Crippen LogP contribution in [0.25, 0.3) is 0 Å². The van der Waals surface area contributed by atoms with Crippen LogP contribution < -0.4 is 10.6 Å².